The molecule has 0 aliphatic carbocycles. The molecule has 1 heterocycles. The first-order valence-electron chi connectivity index (χ1n) is 7.99. The van der Waals surface area contributed by atoms with Crippen molar-refractivity contribution in [2.24, 2.45) is 0 Å². The summed E-state index contributed by atoms with van der Waals surface area (Å²) in [5.74, 6) is -0.196. The SMILES string of the molecule is O=C(CNc1cccc([N+](=O)[O-])c1)N[C@@H](c1ccccc1)c1cccs1. The van der Waals surface area contributed by atoms with Gasteiger partial charge in [0, 0.05) is 22.7 Å². The summed E-state index contributed by atoms with van der Waals surface area (Å²) in [5.41, 5.74) is 1.51. The molecule has 1 amide bonds. The van der Waals surface area contributed by atoms with Crippen molar-refractivity contribution in [2.45, 2.75) is 6.04 Å². The number of anilines is 1. The normalized spacial score (nSPS) is 11.5. The summed E-state index contributed by atoms with van der Waals surface area (Å²) in [4.78, 5) is 23.8. The van der Waals surface area contributed by atoms with E-state index in [9.17, 15) is 14.9 Å². The van der Waals surface area contributed by atoms with Crippen LogP contribution in [0.3, 0.4) is 0 Å². The highest BCUT2D eigenvalue weighted by atomic mass is 32.1. The lowest BCUT2D eigenvalue weighted by molar-refractivity contribution is -0.384. The van der Waals surface area contributed by atoms with Gasteiger partial charge >= 0.3 is 0 Å². The number of benzene rings is 2. The number of non-ortho nitro benzene ring substituents is 1. The van der Waals surface area contributed by atoms with Crippen LogP contribution in [0.25, 0.3) is 0 Å². The van der Waals surface area contributed by atoms with E-state index in [0.29, 0.717) is 5.69 Å². The molecule has 0 saturated carbocycles. The van der Waals surface area contributed by atoms with Crippen LogP contribution in [-0.2, 0) is 4.79 Å². The molecule has 0 unspecified atom stereocenters. The zero-order chi connectivity index (χ0) is 18.4. The molecule has 0 spiro atoms. The predicted molar refractivity (Wildman–Crippen MR) is 102 cm³/mol. The van der Waals surface area contributed by atoms with Gasteiger partial charge in [0.2, 0.25) is 5.91 Å². The van der Waals surface area contributed by atoms with Crippen LogP contribution >= 0.6 is 11.3 Å². The Morgan fingerprint density at radius 1 is 1.08 bits per heavy atom. The molecule has 0 bridgehead atoms. The Kier molecular flexibility index (Phi) is 5.60. The fraction of sp³-hybridized carbons (Fsp3) is 0.105. The van der Waals surface area contributed by atoms with E-state index in [4.69, 9.17) is 0 Å². The Balaban J connectivity index is 1.67. The lowest BCUT2D eigenvalue weighted by atomic mass is 10.1. The average Bonchev–Trinajstić information content (AvgIpc) is 3.20. The zero-order valence-electron chi connectivity index (χ0n) is 13.8. The summed E-state index contributed by atoms with van der Waals surface area (Å²) in [5, 5.41) is 18.7. The van der Waals surface area contributed by atoms with E-state index in [1.54, 1.807) is 23.5 Å². The van der Waals surface area contributed by atoms with Gasteiger partial charge in [-0.2, -0.15) is 0 Å². The Morgan fingerprint density at radius 2 is 1.88 bits per heavy atom. The van der Waals surface area contributed by atoms with Gasteiger partial charge in [0.05, 0.1) is 17.5 Å². The van der Waals surface area contributed by atoms with E-state index in [2.05, 4.69) is 10.6 Å². The summed E-state index contributed by atoms with van der Waals surface area (Å²) in [6, 6.07) is 19.5. The van der Waals surface area contributed by atoms with Gasteiger partial charge < -0.3 is 10.6 Å². The second-order valence-electron chi connectivity index (χ2n) is 5.59. The Hall–Kier alpha value is -3.19. The lowest BCUT2D eigenvalue weighted by Gasteiger charge is -2.18. The second-order valence-corrected chi connectivity index (χ2v) is 6.57. The number of carbonyl (C=O) groups excluding carboxylic acids is 1. The van der Waals surface area contributed by atoms with Crippen LogP contribution in [0.15, 0.2) is 72.1 Å². The standard InChI is InChI=1S/C19H17N3O3S/c23-18(13-20-15-8-4-9-16(12-15)22(24)25)21-19(17-10-5-11-26-17)14-6-2-1-3-7-14/h1-12,19-20H,13H2,(H,21,23)/t19-/m0/s1. The van der Waals surface area contributed by atoms with Crippen molar-refractivity contribution in [2.75, 3.05) is 11.9 Å². The van der Waals surface area contributed by atoms with Crippen molar-refractivity contribution >= 4 is 28.6 Å². The van der Waals surface area contributed by atoms with Gasteiger partial charge in [0.1, 0.15) is 0 Å². The quantitative estimate of drug-likeness (QED) is 0.489. The first kappa shape index (κ1) is 17.6. The lowest BCUT2D eigenvalue weighted by Crippen LogP contribution is -2.33. The molecule has 2 aromatic carbocycles. The number of nitrogens with one attached hydrogen (secondary N) is 2. The molecule has 0 aliphatic rings. The number of rotatable bonds is 7. The number of thiophene rings is 1. The van der Waals surface area contributed by atoms with E-state index in [1.165, 1.54) is 12.1 Å². The number of nitrogens with zero attached hydrogens (tertiary/aromatic N) is 1. The zero-order valence-corrected chi connectivity index (χ0v) is 14.6. The van der Waals surface area contributed by atoms with Gasteiger partial charge in [-0.05, 0) is 23.1 Å². The summed E-state index contributed by atoms with van der Waals surface area (Å²) < 4.78 is 0. The van der Waals surface area contributed by atoms with Crippen LogP contribution < -0.4 is 10.6 Å². The Labute approximate surface area is 154 Å². The fourth-order valence-electron chi connectivity index (χ4n) is 2.54. The maximum atomic E-state index is 12.4. The van der Waals surface area contributed by atoms with Gasteiger partial charge in [-0.1, -0.05) is 42.5 Å². The van der Waals surface area contributed by atoms with Crippen molar-refractivity contribution < 1.29 is 9.72 Å². The fourth-order valence-corrected chi connectivity index (χ4v) is 3.35. The monoisotopic (exact) mass is 367 g/mol. The van der Waals surface area contributed by atoms with Crippen molar-refractivity contribution in [3.63, 3.8) is 0 Å². The third-order valence-corrected chi connectivity index (χ3v) is 4.71. The van der Waals surface area contributed by atoms with E-state index >= 15 is 0 Å². The maximum absolute atomic E-state index is 12.4. The number of carbonyl (C=O) groups is 1. The van der Waals surface area contributed by atoms with Crippen LogP contribution in [0, 0.1) is 10.1 Å². The molecule has 2 N–H and O–H groups in total. The van der Waals surface area contributed by atoms with Crippen LogP contribution in [0.1, 0.15) is 16.5 Å². The highest BCUT2D eigenvalue weighted by Crippen LogP contribution is 2.25. The minimum absolute atomic E-state index is 0.0174. The van der Waals surface area contributed by atoms with Crippen LogP contribution in [0.2, 0.25) is 0 Å². The Morgan fingerprint density at radius 3 is 2.58 bits per heavy atom. The molecule has 7 heteroatoms. The summed E-state index contributed by atoms with van der Waals surface area (Å²) in [6.45, 7) is 0.0237. The molecule has 3 rings (SSSR count). The van der Waals surface area contributed by atoms with E-state index < -0.39 is 4.92 Å². The molecule has 26 heavy (non-hydrogen) atoms. The highest BCUT2D eigenvalue weighted by Gasteiger charge is 2.17. The average molecular weight is 367 g/mol. The summed E-state index contributed by atoms with van der Waals surface area (Å²) in [6.07, 6.45) is 0. The topological polar surface area (TPSA) is 84.3 Å². The van der Waals surface area contributed by atoms with E-state index in [0.717, 1.165) is 10.4 Å². The Bertz CT molecular complexity index is 882. The molecule has 0 fully saturated rings. The maximum Gasteiger partial charge on any atom is 0.271 e. The molecule has 0 saturated heterocycles. The summed E-state index contributed by atoms with van der Waals surface area (Å²) in [7, 11) is 0. The third-order valence-electron chi connectivity index (χ3n) is 3.78. The number of nitro groups is 1. The molecule has 1 atom stereocenters. The van der Waals surface area contributed by atoms with Crippen molar-refractivity contribution in [1.82, 2.24) is 5.32 Å². The molecule has 1 aromatic heterocycles. The summed E-state index contributed by atoms with van der Waals surface area (Å²) >= 11 is 1.58. The minimum atomic E-state index is -0.465. The van der Waals surface area contributed by atoms with E-state index in [-0.39, 0.29) is 24.2 Å². The van der Waals surface area contributed by atoms with Crippen LogP contribution in [0.4, 0.5) is 11.4 Å². The predicted octanol–water partition coefficient (Wildman–Crippen LogP) is 3.97. The van der Waals surface area contributed by atoms with Crippen molar-refractivity contribution in [3.05, 3.63) is 92.7 Å². The second kappa shape index (κ2) is 8.26. The first-order valence-corrected chi connectivity index (χ1v) is 8.87. The van der Waals surface area contributed by atoms with Crippen molar-refractivity contribution in [1.29, 1.82) is 0 Å². The third kappa shape index (κ3) is 4.46. The minimum Gasteiger partial charge on any atom is -0.376 e. The van der Waals surface area contributed by atoms with Gasteiger partial charge in [-0.3, -0.25) is 14.9 Å². The molecule has 6 nitrogen and oxygen atoms in total. The molecule has 3 aromatic rings. The van der Waals surface area contributed by atoms with Gasteiger partial charge in [0.15, 0.2) is 0 Å². The van der Waals surface area contributed by atoms with Gasteiger partial charge in [-0.25, -0.2) is 0 Å². The molecular weight excluding hydrogens is 350 g/mol. The molecule has 0 aliphatic heterocycles. The van der Waals surface area contributed by atoms with E-state index in [1.807, 2.05) is 47.8 Å². The molecular formula is C19H17N3O3S. The number of hydrogen-bond acceptors (Lipinski definition) is 5. The first-order chi connectivity index (χ1) is 12.6. The molecule has 0 radical (unpaired) electrons. The number of amides is 1. The largest absolute Gasteiger partial charge is 0.376 e. The van der Waals surface area contributed by atoms with Crippen molar-refractivity contribution in [3.8, 4) is 0 Å². The number of nitro benzene ring substituents is 1. The number of hydrogen-bond donors (Lipinski definition) is 2. The van der Waals surface area contributed by atoms with Crippen LogP contribution in [0.5, 0.6) is 0 Å². The van der Waals surface area contributed by atoms with Gasteiger partial charge in [-0.15, -0.1) is 11.3 Å². The van der Waals surface area contributed by atoms with Crippen LogP contribution in [-0.4, -0.2) is 17.4 Å². The molecule has 132 valence electrons. The van der Waals surface area contributed by atoms with Gasteiger partial charge in [0.25, 0.3) is 5.69 Å². The highest BCUT2D eigenvalue weighted by molar-refractivity contribution is 7.10. The smallest absolute Gasteiger partial charge is 0.271 e.